The summed E-state index contributed by atoms with van der Waals surface area (Å²) in [6.45, 7) is 4.94. The molecule has 1 heterocycles. The third-order valence-corrected chi connectivity index (χ3v) is 5.56. The van der Waals surface area contributed by atoms with Gasteiger partial charge in [-0.05, 0) is 64.0 Å². The van der Waals surface area contributed by atoms with Gasteiger partial charge in [0.25, 0.3) is 0 Å². The van der Waals surface area contributed by atoms with Gasteiger partial charge in [0.05, 0.1) is 6.04 Å². The van der Waals surface area contributed by atoms with Gasteiger partial charge in [0.1, 0.15) is 18.1 Å². The Hall–Kier alpha value is -2.73. The Morgan fingerprint density at radius 2 is 1.59 bits per heavy atom. The van der Waals surface area contributed by atoms with Gasteiger partial charge in [0.2, 0.25) is 17.7 Å². The topological polar surface area (TPSA) is 200 Å². The van der Waals surface area contributed by atoms with Crippen molar-refractivity contribution in [1.29, 1.82) is 0 Å². The monoisotopic (exact) mass is 485 g/mol. The third kappa shape index (κ3) is 10.9. The van der Waals surface area contributed by atoms with Crippen LogP contribution in [0.25, 0.3) is 0 Å². The lowest BCUT2D eigenvalue weighted by molar-refractivity contribution is -0.143. The van der Waals surface area contributed by atoms with Crippen molar-refractivity contribution in [2.45, 2.75) is 89.4 Å². The van der Waals surface area contributed by atoms with Gasteiger partial charge in [-0.25, -0.2) is 4.79 Å². The molecule has 1 saturated heterocycles. The van der Waals surface area contributed by atoms with Crippen LogP contribution in [0.1, 0.15) is 65.2 Å². The fourth-order valence-corrected chi connectivity index (χ4v) is 3.71. The molecule has 12 nitrogen and oxygen atoms in total. The summed E-state index contributed by atoms with van der Waals surface area (Å²) < 4.78 is 0. The highest BCUT2D eigenvalue weighted by Gasteiger charge is 2.31. The summed E-state index contributed by atoms with van der Waals surface area (Å²) in [6.07, 6.45) is 2.51. The average Bonchev–Trinajstić information content (AvgIpc) is 3.29. The summed E-state index contributed by atoms with van der Waals surface area (Å²) in [4.78, 5) is 60.7. The molecule has 1 aliphatic heterocycles. The van der Waals surface area contributed by atoms with Crippen molar-refractivity contribution in [3.63, 3.8) is 0 Å². The summed E-state index contributed by atoms with van der Waals surface area (Å²) in [5.41, 5.74) is 5.52. The van der Waals surface area contributed by atoms with Gasteiger partial charge in [0.15, 0.2) is 0 Å². The van der Waals surface area contributed by atoms with Gasteiger partial charge < -0.3 is 37.2 Å². The van der Waals surface area contributed by atoms with Gasteiger partial charge in [-0.2, -0.15) is 0 Å². The van der Waals surface area contributed by atoms with Gasteiger partial charge in [0, 0.05) is 6.42 Å². The van der Waals surface area contributed by atoms with Crippen molar-refractivity contribution < 1.29 is 34.2 Å². The number of carboxylic acids is 2. The van der Waals surface area contributed by atoms with Crippen molar-refractivity contribution in [2.24, 2.45) is 11.7 Å². The Morgan fingerprint density at radius 1 is 0.941 bits per heavy atom. The first-order valence-corrected chi connectivity index (χ1v) is 11.8. The highest BCUT2D eigenvalue weighted by atomic mass is 16.4. The molecule has 1 fully saturated rings. The Bertz CT molecular complexity index is 710. The number of hydrogen-bond donors (Lipinski definition) is 7. The minimum Gasteiger partial charge on any atom is -0.481 e. The SMILES string of the molecule is CC(C)CC(NC(=O)C1CCCN1)C(=O)NC(CCCCN)C(=O)NC(CCC(=O)O)C(=O)O. The molecule has 34 heavy (non-hydrogen) atoms. The number of nitrogens with one attached hydrogen (secondary N) is 4. The van der Waals surface area contributed by atoms with Crippen molar-refractivity contribution in [1.82, 2.24) is 21.3 Å². The number of aliphatic carboxylic acids is 2. The number of unbranched alkanes of at least 4 members (excludes halogenated alkanes) is 1. The van der Waals surface area contributed by atoms with E-state index in [4.69, 9.17) is 10.8 Å². The lowest BCUT2D eigenvalue weighted by atomic mass is 10.0. The van der Waals surface area contributed by atoms with Crippen LogP contribution in [0.15, 0.2) is 0 Å². The normalized spacial score (nSPS) is 18.1. The second-order valence-corrected chi connectivity index (χ2v) is 9.02. The summed E-state index contributed by atoms with van der Waals surface area (Å²) in [5, 5.41) is 29.0. The molecule has 0 aromatic heterocycles. The number of carbonyl (C=O) groups excluding carboxylic acids is 3. The Balaban J connectivity index is 2.91. The molecule has 0 saturated carbocycles. The quantitative estimate of drug-likeness (QED) is 0.138. The molecule has 194 valence electrons. The van der Waals surface area contributed by atoms with Gasteiger partial charge in [-0.3, -0.25) is 19.2 Å². The molecular weight excluding hydrogens is 446 g/mol. The fourth-order valence-electron chi connectivity index (χ4n) is 3.71. The van der Waals surface area contributed by atoms with E-state index < -0.39 is 48.3 Å². The van der Waals surface area contributed by atoms with Gasteiger partial charge in [-0.1, -0.05) is 13.8 Å². The van der Waals surface area contributed by atoms with E-state index >= 15 is 0 Å². The molecule has 0 aromatic carbocycles. The molecule has 0 aliphatic carbocycles. The maximum Gasteiger partial charge on any atom is 0.326 e. The molecule has 3 amide bonds. The molecule has 1 aliphatic rings. The van der Waals surface area contributed by atoms with Crippen molar-refractivity contribution in [3.8, 4) is 0 Å². The predicted octanol–water partition coefficient (Wildman–Crippen LogP) is -0.683. The van der Waals surface area contributed by atoms with Crippen LogP contribution in [-0.4, -0.2) is 77.1 Å². The van der Waals surface area contributed by atoms with Gasteiger partial charge in [-0.15, -0.1) is 0 Å². The predicted molar refractivity (Wildman–Crippen MR) is 124 cm³/mol. The first kappa shape index (κ1) is 29.3. The van der Waals surface area contributed by atoms with Crippen LogP contribution in [0.3, 0.4) is 0 Å². The van der Waals surface area contributed by atoms with Crippen LogP contribution in [-0.2, 0) is 24.0 Å². The van der Waals surface area contributed by atoms with E-state index in [1.165, 1.54) is 0 Å². The van der Waals surface area contributed by atoms with E-state index in [0.29, 0.717) is 32.2 Å². The second-order valence-electron chi connectivity index (χ2n) is 9.02. The van der Waals surface area contributed by atoms with E-state index in [-0.39, 0.29) is 30.7 Å². The molecule has 0 spiro atoms. The third-order valence-electron chi connectivity index (χ3n) is 5.56. The molecule has 12 heteroatoms. The van der Waals surface area contributed by atoms with Crippen LogP contribution >= 0.6 is 0 Å². The van der Waals surface area contributed by atoms with Crippen molar-refractivity contribution in [2.75, 3.05) is 13.1 Å². The number of rotatable bonds is 16. The average molecular weight is 486 g/mol. The lowest BCUT2D eigenvalue weighted by Crippen LogP contribution is -2.57. The number of carbonyl (C=O) groups is 5. The number of amides is 3. The van der Waals surface area contributed by atoms with Crippen LogP contribution < -0.4 is 27.0 Å². The minimum atomic E-state index is -1.41. The zero-order valence-electron chi connectivity index (χ0n) is 20.0. The van der Waals surface area contributed by atoms with E-state index in [1.807, 2.05) is 13.8 Å². The highest BCUT2D eigenvalue weighted by molar-refractivity contribution is 5.94. The Labute approximate surface area is 199 Å². The largest absolute Gasteiger partial charge is 0.481 e. The number of nitrogens with two attached hydrogens (primary N) is 1. The molecule has 1 rings (SSSR count). The van der Waals surface area contributed by atoms with Crippen molar-refractivity contribution in [3.05, 3.63) is 0 Å². The zero-order chi connectivity index (χ0) is 25.7. The summed E-state index contributed by atoms with van der Waals surface area (Å²) >= 11 is 0. The fraction of sp³-hybridized carbons (Fsp3) is 0.773. The van der Waals surface area contributed by atoms with E-state index in [9.17, 15) is 29.1 Å². The standard InChI is InChI=1S/C22H39N5O7/c1-13(2)12-17(27-19(30)14-7-5-11-24-14)21(32)25-15(6-3-4-10-23)20(31)26-16(22(33)34)8-9-18(28)29/h13-17,24H,3-12,23H2,1-2H3,(H,25,32)(H,26,31)(H,27,30)(H,28,29)(H,33,34). The molecule has 0 aromatic rings. The molecule has 4 unspecified atom stereocenters. The Kier molecular flexibility index (Phi) is 13.1. The molecule has 4 atom stereocenters. The second kappa shape index (κ2) is 15.2. The molecule has 0 radical (unpaired) electrons. The maximum absolute atomic E-state index is 13.1. The first-order valence-electron chi connectivity index (χ1n) is 11.8. The van der Waals surface area contributed by atoms with E-state index in [0.717, 1.165) is 13.0 Å². The van der Waals surface area contributed by atoms with Crippen LogP contribution in [0.2, 0.25) is 0 Å². The molecule has 8 N–H and O–H groups in total. The maximum atomic E-state index is 13.1. The van der Waals surface area contributed by atoms with Crippen LogP contribution in [0, 0.1) is 5.92 Å². The number of hydrogen-bond acceptors (Lipinski definition) is 7. The summed E-state index contributed by atoms with van der Waals surface area (Å²) in [5.74, 6) is -4.00. The minimum absolute atomic E-state index is 0.0875. The molecular formula is C22H39N5O7. The first-order chi connectivity index (χ1) is 16.0. The highest BCUT2D eigenvalue weighted by Crippen LogP contribution is 2.10. The number of carboxylic acid groups (broad SMARTS) is 2. The van der Waals surface area contributed by atoms with Crippen LogP contribution in [0.4, 0.5) is 0 Å². The summed E-state index contributed by atoms with van der Waals surface area (Å²) in [7, 11) is 0. The smallest absolute Gasteiger partial charge is 0.326 e. The van der Waals surface area contributed by atoms with Crippen molar-refractivity contribution >= 4 is 29.7 Å². The van der Waals surface area contributed by atoms with Crippen LogP contribution in [0.5, 0.6) is 0 Å². The zero-order valence-corrected chi connectivity index (χ0v) is 20.0. The van der Waals surface area contributed by atoms with E-state index in [1.54, 1.807) is 0 Å². The van der Waals surface area contributed by atoms with Gasteiger partial charge >= 0.3 is 11.9 Å². The Morgan fingerprint density at radius 3 is 2.12 bits per heavy atom. The lowest BCUT2D eigenvalue weighted by Gasteiger charge is -2.26. The molecule has 0 bridgehead atoms. The van der Waals surface area contributed by atoms with E-state index in [2.05, 4.69) is 21.3 Å². The summed E-state index contributed by atoms with van der Waals surface area (Å²) in [6, 6.07) is -3.68.